The molecular weight excluding hydrogens is 332 g/mol. The Morgan fingerprint density at radius 1 is 1.19 bits per heavy atom. The highest BCUT2D eigenvalue weighted by Crippen LogP contribution is 2.32. The van der Waals surface area contributed by atoms with Crippen LogP contribution in [0, 0.1) is 5.92 Å². The van der Waals surface area contributed by atoms with Gasteiger partial charge in [0.2, 0.25) is 5.91 Å². The van der Waals surface area contributed by atoms with Crippen LogP contribution in [0.25, 0.3) is 11.0 Å². The number of rotatable bonds is 3. The highest BCUT2D eigenvalue weighted by atomic mass is 16.5. The zero-order valence-corrected chi connectivity index (χ0v) is 14.9. The van der Waals surface area contributed by atoms with E-state index in [2.05, 4.69) is 4.98 Å². The number of aromatic nitrogens is 2. The molecule has 2 fully saturated rings. The number of amides is 2. The van der Waals surface area contributed by atoms with Crippen molar-refractivity contribution in [1.82, 2.24) is 14.5 Å². The van der Waals surface area contributed by atoms with Crippen LogP contribution in [0.1, 0.15) is 36.0 Å². The van der Waals surface area contributed by atoms with E-state index < -0.39 is 6.10 Å². The van der Waals surface area contributed by atoms with E-state index in [0.29, 0.717) is 31.0 Å². The van der Waals surface area contributed by atoms with Gasteiger partial charge in [0.1, 0.15) is 6.10 Å². The van der Waals surface area contributed by atoms with Crippen LogP contribution in [-0.4, -0.2) is 51.6 Å². The predicted molar refractivity (Wildman–Crippen MR) is 96.4 cm³/mol. The van der Waals surface area contributed by atoms with Gasteiger partial charge in [0.05, 0.1) is 29.0 Å². The number of imidazole rings is 1. The van der Waals surface area contributed by atoms with Crippen molar-refractivity contribution in [1.29, 1.82) is 0 Å². The van der Waals surface area contributed by atoms with Gasteiger partial charge >= 0.3 is 0 Å². The molecule has 26 heavy (non-hydrogen) atoms. The molecule has 2 saturated heterocycles. The molecule has 0 radical (unpaired) electrons. The van der Waals surface area contributed by atoms with Crippen molar-refractivity contribution in [2.24, 2.45) is 18.7 Å². The fourth-order valence-electron chi connectivity index (χ4n) is 4.25. The quantitative estimate of drug-likeness (QED) is 0.901. The van der Waals surface area contributed by atoms with Gasteiger partial charge < -0.3 is 19.9 Å². The summed E-state index contributed by atoms with van der Waals surface area (Å²) < 4.78 is 7.71. The first kappa shape index (κ1) is 17.0. The summed E-state index contributed by atoms with van der Waals surface area (Å²) >= 11 is 0. The number of fused-ring (bicyclic) bond motifs is 1. The average Bonchev–Trinajstić information content (AvgIpc) is 3.29. The Morgan fingerprint density at radius 2 is 1.96 bits per heavy atom. The van der Waals surface area contributed by atoms with Gasteiger partial charge in [-0.25, -0.2) is 4.98 Å². The Kier molecular flexibility index (Phi) is 4.40. The number of hydrogen-bond donors (Lipinski definition) is 1. The molecule has 138 valence electrons. The second-order valence-electron chi connectivity index (χ2n) is 7.30. The number of ether oxygens (including phenoxy) is 1. The first-order valence-corrected chi connectivity index (χ1v) is 9.18. The molecule has 2 aliphatic rings. The highest BCUT2D eigenvalue weighted by Gasteiger charge is 2.36. The SMILES string of the molecule is Cn1cnc2cccc(C(=O)N3CCC([C@@H]4CC[C@H](C(N)=O)O4)CC3)c21. The minimum atomic E-state index is -0.442. The molecule has 1 aromatic heterocycles. The summed E-state index contributed by atoms with van der Waals surface area (Å²) in [6.45, 7) is 1.41. The molecule has 2 amide bonds. The maximum absolute atomic E-state index is 13.0. The number of para-hydroxylation sites is 1. The lowest BCUT2D eigenvalue weighted by molar-refractivity contribution is -0.130. The number of likely N-dealkylation sites (tertiary alicyclic amines) is 1. The molecule has 3 heterocycles. The molecule has 0 bridgehead atoms. The summed E-state index contributed by atoms with van der Waals surface area (Å²) in [5, 5.41) is 0. The van der Waals surface area contributed by atoms with E-state index >= 15 is 0 Å². The first-order chi connectivity index (χ1) is 12.5. The zero-order chi connectivity index (χ0) is 18.3. The summed E-state index contributed by atoms with van der Waals surface area (Å²) in [4.78, 5) is 30.5. The maximum Gasteiger partial charge on any atom is 0.256 e. The lowest BCUT2D eigenvalue weighted by Crippen LogP contribution is -2.41. The van der Waals surface area contributed by atoms with E-state index in [1.165, 1.54) is 0 Å². The molecule has 2 N–H and O–H groups in total. The summed E-state index contributed by atoms with van der Waals surface area (Å²) in [6, 6.07) is 5.67. The largest absolute Gasteiger partial charge is 0.367 e. The van der Waals surface area contributed by atoms with Crippen molar-refractivity contribution in [3.8, 4) is 0 Å². The third-order valence-corrected chi connectivity index (χ3v) is 5.69. The number of piperidine rings is 1. The van der Waals surface area contributed by atoms with Gasteiger partial charge in [-0.15, -0.1) is 0 Å². The van der Waals surface area contributed by atoms with Crippen LogP contribution in [0.4, 0.5) is 0 Å². The van der Waals surface area contributed by atoms with Crippen LogP contribution >= 0.6 is 0 Å². The van der Waals surface area contributed by atoms with Gasteiger partial charge in [0, 0.05) is 20.1 Å². The fourth-order valence-corrected chi connectivity index (χ4v) is 4.25. The molecule has 2 aromatic rings. The average molecular weight is 356 g/mol. The van der Waals surface area contributed by atoms with Crippen molar-refractivity contribution in [3.63, 3.8) is 0 Å². The number of carbonyl (C=O) groups excluding carboxylic acids is 2. The fraction of sp³-hybridized carbons (Fsp3) is 0.526. The number of benzene rings is 1. The third-order valence-electron chi connectivity index (χ3n) is 5.69. The van der Waals surface area contributed by atoms with E-state index in [0.717, 1.165) is 30.3 Å². The van der Waals surface area contributed by atoms with Gasteiger partial charge in [-0.2, -0.15) is 0 Å². The van der Waals surface area contributed by atoms with E-state index in [9.17, 15) is 9.59 Å². The third kappa shape index (κ3) is 2.96. The van der Waals surface area contributed by atoms with Gasteiger partial charge in [0.15, 0.2) is 0 Å². The van der Waals surface area contributed by atoms with E-state index in [-0.39, 0.29) is 17.9 Å². The lowest BCUT2D eigenvalue weighted by Gasteiger charge is -2.34. The van der Waals surface area contributed by atoms with E-state index in [4.69, 9.17) is 10.5 Å². The summed E-state index contributed by atoms with van der Waals surface area (Å²) in [5.74, 6) is 0.0697. The minimum absolute atomic E-state index is 0.0556. The molecule has 0 saturated carbocycles. The van der Waals surface area contributed by atoms with Gasteiger partial charge in [-0.05, 0) is 43.7 Å². The van der Waals surface area contributed by atoms with Crippen molar-refractivity contribution in [2.75, 3.05) is 13.1 Å². The van der Waals surface area contributed by atoms with E-state index in [1.54, 1.807) is 6.33 Å². The standard InChI is InChI=1S/C19H24N4O3/c1-22-11-21-14-4-2-3-13(17(14)22)19(25)23-9-7-12(8-10-23)15-5-6-16(26-15)18(20)24/h2-4,11-12,15-16H,5-10H2,1H3,(H2,20,24)/t15-,16+/m0/s1. The lowest BCUT2D eigenvalue weighted by atomic mass is 9.89. The van der Waals surface area contributed by atoms with Gasteiger partial charge in [-0.3, -0.25) is 9.59 Å². The molecule has 0 aliphatic carbocycles. The van der Waals surface area contributed by atoms with Crippen LogP contribution in [0.15, 0.2) is 24.5 Å². The molecule has 1 aromatic carbocycles. The van der Waals surface area contributed by atoms with Gasteiger partial charge in [0.25, 0.3) is 5.91 Å². The van der Waals surface area contributed by atoms with E-state index in [1.807, 2.05) is 34.7 Å². The number of nitrogens with two attached hydrogens (primary N) is 1. The molecule has 2 aliphatic heterocycles. The normalized spacial score (nSPS) is 24.3. The Labute approximate surface area is 152 Å². The summed E-state index contributed by atoms with van der Waals surface area (Å²) in [7, 11) is 1.91. The predicted octanol–water partition coefficient (Wildman–Crippen LogP) is 1.46. The van der Waals surface area contributed by atoms with Crippen molar-refractivity contribution in [3.05, 3.63) is 30.1 Å². The number of hydrogen-bond acceptors (Lipinski definition) is 4. The molecule has 4 rings (SSSR count). The molecule has 0 spiro atoms. The second kappa shape index (κ2) is 6.72. The molecule has 7 nitrogen and oxygen atoms in total. The first-order valence-electron chi connectivity index (χ1n) is 9.18. The van der Waals surface area contributed by atoms with Crippen LogP contribution in [-0.2, 0) is 16.6 Å². The van der Waals surface area contributed by atoms with Crippen LogP contribution < -0.4 is 5.73 Å². The Bertz CT molecular complexity index is 838. The second-order valence-corrected chi connectivity index (χ2v) is 7.30. The smallest absolute Gasteiger partial charge is 0.256 e. The molecule has 7 heteroatoms. The Morgan fingerprint density at radius 3 is 2.65 bits per heavy atom. The maximum atomic E-state index is 13.0. The van der Waals surface area contributed by atoms with Crippen LogP contribution in [0.5, 0.6) is 0 Å². The van der Waals surface area contributed by atoms with Crippen LogP contribution in [0.3, 0.4) is 0 Å². The summed E-state index contributed by atoms with van der Waals surface area (Å²) in [6.07, 6.45) is 4.75. The molecule has 2 atom stereocenters. The topological polar surface area (TPSA) is 90.5 Å². The number of primary amides is 1. The van der Waals surface area contributed by atoms with Crippen molar-refractivity contribution >= 4 is 22.8 Å². The number of carbonyl (C=O) groups is 2. The van der Waals surface area contributed by atoms with Crippen molar-refractivity contribution < 1.29 is 14.3 Å². The molecule has 0 unspecified atom stereocenters. The Hall–Kier alpha value is -2.41. The van der Waals surface area contributed by atoms with Crippen molar-refractivity contribution in [2.45, 2.75) is 37.9 Å². The van der Waals surface area contributed by atoms with Crippen LogP contribution in [0.2, 0.25) is 0 Å². The monoisotopic (exact) mass is 356 g/mol. The summed E-state index contributed by atoms with van der Waals surface area (Å²) in [5.41, 5.74) is 7.76. The van der Waals surface area contributed by atoms with Gasteiger partial charge in [-0.1, -0.05) is 6.07 Å². The Balaban J connectivity index is 1.42. The highest BCUT2D eigenvalue weighted by molar-refractivity contribution is 6.05. The minimum Gasteiger partial charge on any atom is -0.367 e. The zero-order valence-electron chi connectivity index (χ0n) is 14.9. The number of nitrogens with zero attached hydrogens (tertiary/aromatic N) is 3. The number of aryl methyl sites for hydroxylation is 1. The molecular formula is C19H24N4O3.